The molecule has 0 saturated carbocycles. The molecule has 0 amide bonds. The highest BCUT2D eigenvalue weighted by Gasteiger charge is 2.21. The molecule has 0 aromatic heterocycles. The van der Waals surface area contributed by atoms with Gasteiger partial charge in [0.25, 0.3) is 0 Å². The molecule has 1 atom stereocenters. The lowest BCUT2D eigenvalue weighted by Crippen LogP contribution is -2.15. The zero-order valence-corrected chi connectivity index (χ0v) is 12.7. The van der Waals surface area contributed by atoms with Crippen LogP contribution in [0.15, 0.2) is 36.4 Å². The number of rotatable bonds is 2. The van der Waals surface area contributed by atoms with Crippen molar-refractivity contribution in [2.45, 2.75) is 5.38 Å². The summed E-state index contributed by atoms with van der Waals surface area (Å²) in [5.74, 6) is 1.31. The summed E-state index contributed by atoms with van der Waals surface area (Å²) in [5.41, 5.74) is 1.57. The molecule has 0 aliphatic carbocycles. The van der Waals surface area contributed by atoms with Crippen LogP contribution in [0.1, 0.15) is 16.5 Å². The molecule has 1 unspecified atom stereocenters. The normalized spacial score (nSPS) is 14.9. The Balaban J connectivity index is 2.03. The fourth-order valence-corrected chi connectivity index (χ4v) is 3.11. The minimum absolute atomic E-state index is 0.438. The van der Waals surface area contributed by atoms with E-state index in [4.69, 9.17) is 44.3 Å². The van der Waals surface area contributed by atoms with Crippen molar-refractivity contribution < 1.29 is 9.47 Å². The molecular weight excluding hydrogens is 319 g/mol. The van der Waals surface area contributed by atoms with Crippen molar-refractivity contribution in [1.82, 2.24) is 0 Å². The summed E-state index contributed by atoms with van der Waals surface area (Å²) in [5, 5.41) is 0.708. The molecule has 20 heavy (non-hydrogen) atoms. The first-order valence-corrected chi connectivity index (χ1v) is 7.33. The molecule has 0 radical (unpaired) electrons. The lowest BCUT2D eigenvalue weighted by Gasteiger charge is -2.21. The van der Waals surface area contributed by atoms with E-state index in [0.29, 0.717) is 34.8 Å². The maximum absolute atomic E-state index is 6.52. The van der Waals surface area contributed by atoms with Crippen molar-refractivity contribution in [3.05, 3.63) is 57.6 Å². The van der Waals surface area contributed by atoms with Gasteiger partial charge in [-0.2, -0.15) is 0 Å². The van der Waals surface area contributed by atoms with Gasteiger partial charge in [-0.25, -0.2) is 0 Å². The van der Waals surface area contributed by atoms with Gasteiger partial charge in [0.05, 0.1) is 5.38 Å². The molecule has 2 aromatic rings. The molecule has 1 aliphatic rings. The molecule has 0 N–H and O–H groups in total. The van der Waals surface area contributed by atoms with Gasteiger partial charge in [-0.15, -0.1) is 11.6 Å². The van der Waals surface area contributed by atoms with Crippen molar-refractivity contribution in [2.75, 3.05) is 13.2 Å². The Hall–Kier alpha value is -1.09. The summed E-state index contributed by atoms with van der Waals surface area (Å²) in [6.07, 6.45) is 0. The van der Waals surface area contributed by atoms with E-state index in [0.717, 1.165) is 11.1 Å². The van der Waals surface area contributed by atoms with Gasteiger partial charge >= 0.3 is 0 Å². The quantitative estimate of drug-likeness (QED) is 0.714. The van der Waals surface area contributed by atoms with Crippen LogP contribution < -0.4 is 9.47 Å². The Morgan fingerprint density at radius 1 is 0.850 bits per heavy atom. The van der Waals surface area contributed by atoms with Crippen LogP contribution in [0.4, 0.5) is 0 Å². The number of hydrogen-bond acceptors (Lipinski definition) is 2. The summed E-state index contributed by atoms with van der Waals surface area (Å²) in [6, 6.07) is 11.0. The monoisotopic (exact) mass is 328 g/mol. The average molecular weight is 330 g/mol. The zero-order valence-electron chi connectivity index (χ0n) is 10.4. The van der Waals surface area contributed by atoms with Gasteiger partial charge in [0, 0.05) is 16.1 Å². The molecule has 0 fully saturated rings. The highest BCUT2D eigenvalue weighted by atomic mass is 35.5. The van der Waals surface area contributed by atoms with E-state index in [-0.39, 0.29) is 0 Å². The second kappa shape index (κ2) is 5.72. The van der Waals surface area contributed by atoms with Gasteiger partial charge in [0.2, 0.25) is 0 Å². The van der Waals surface area contributed by atoms with Gasteiger partial charge < -0.3 is 9.47 Å². The molecule has 1 aliphatic heterocycles. The van der Waals surface area contributed by atoms with Crippen molar-refractivity contribution in [3.8, 4) is 11.5 Å². The van der Waals surface area contributed by atoms with Crippen LogP contribution in [0.5, 0.6) is 11.5 Å². The number of benzene rings is 2. The lowest BCUT2D eigenvalue weighted by molar-refractivity contribution is 0.171. The van der Waals surface area contributed by atoms with Gasteiger partial charge in [-0.3, -0.25) is 0 Å². The molecule has 3 rings (SSSR count). The van der Waals surface area contributed by atoms with Crippen molar-refractivity contribution in [3.63, 3.8) is 0 Å². The van der Waals surface area contributed by atoms with E-state index >= 15 is 0 Å². The van der Waals surface area contributed by atoms with E-state index < -0.39 is 5.38 Å². The number of ether oxygens (including phenoxy) is 2. The first-order valence-electron chi connectivity index (χ1n) is 6.14. The Bertz CT molecular complexity index is 643. The molecular formula is C15H11Cl3O2. The fraction of sp³-hybridized carbons (Fsp3) is 0.200. The van der Waals surface area contributed by atoms with Crippen molar-refractivity contribution >= 4 is 34.8 Å². The standard InChI is InChI=1S/C15H11Cl3O2/c16-11-4-2-1-3-9(11)15(18)10-7-13-14(8-12(10)17)20-6-5-19-13/h1-4,7-8,15H,5-6H2. The summed E-state index contributed by atoms with van der Waals surface area (Å²) in [7, 11) is 0. The molecule has 2 aromatic carbocycles. The predicted octanol–water partition coefficient (Wildman–Crippen LogP) is 5.09. The molecule has 104 valence electrons. The molecule has 0 bridgehead atoms. The number of halogens is 3. The van der Waals surface area contributed by atoms with E-state index in [9.17, 15) is 0 Å². The first kappa shape index (κ1) is 13.9. The summed E-state index contributed by atoms with van der Waals surface area (Å²) in [4.78, 5) is 0. The fourth-order valence-electron chi connectivity index (χ4n) is 2.12. The maximum Gasteiger partial charge on any atom is 0.162 e. The van der Waals surface area contributed by atoms with Gasteiger partial charge in [0.15, 0.2) is 11.5 Å². The average Bonchev–Trinajstić information content (AvgIpc) is 2.46. The van der Waals surface area contributed by atoms with E-state index in [1.165, 1.54) is 0 Å². The number of alkyl halides is 1. The van der Waals surface area contributed by atoms with E-state index in [2.05, 4.69) is 0 Å². The van der Waals surface area contributed by atoms with Crippen molar-refractivity contribution in [1.29, 1.82) is 0 Å². The van der Waals surface area contributed by atoms with Crippen LogP contribution in [0, 0.1) is 0 Å². The summed E-state index contributed by atoms with van der Waals surface area (Å²) >= 11 is 19.0. The first-order chi connectivity index (χ1) is 9.66. The van der Waals surface area contributed by atoms with Gasteiger partial charge in [-0.05, 0) is 23.3 Å². The topological polar surface area (TPSA) is 18.5 Å². The second-order valence-corrected chi connectivity index (χ2v) is 5.65. The number of hydrogen-bond donors (Lipinski definition) is 0. The summed E-state index contributed by atoms with van der Waals surface area (Å²) in [6.45, 7) is 1.05. The third kappa shape index (κ3) is 2.56. The van der Waals surface area contributed by atoms with Crippen LogP contribution in [0.2, 0.25) is 10.0 Å². The highest BCUT2D eigenvalue weighted by Crippen LogP contribution is 2.42. The number of fused-ring (bicyclic) bond motifs is 1. The highest BCUT2D eigenvalue weighted by molar-refractivity contribution is 6.35. The Kier molecular flexibility index (Phi) is 3.97. The second-order valence-electron chi connectivity index (χ2n) is 4.40. The van der Waals surface area contributed by atoms with Crippen LogP contribution in [0.25, 0.3) is 0 Å². The third-order valence-electron chi connectivity index (χ3n) is 3.11. The maximum atomic E-state index is 6.52. The largest absolute Gasteiger partial charge is 0.486 e. The molecule has 0 spiro atoms. The van der Waals surface area contributed by atoms with E-state index in [1.807, 2.05) is 24.3 Å². The smallest absolute Gasteiger partial charge is 0.162 e. The minimum Gasteiger partial charge on any atom is -0.486 e. The Morgan fingerprint density at radius 2 is 1.50 bits per heavy atom. The van der Waals surface area contributed by atoms with Crippen LogP contribution in [-0.4, -0.2) is 13.2 Å². The van der Waals surface area contributed by atoms with Crippen LogP contribution >= 0.6 is 34.8 Å². The Labute approximate surface area is 132 Å². The molecule has 0 saturated heterocycles. The molecule has 1 heterocycles. The molecule has 5 heteroatoms. The third-order valence-corrected chi connectivity index (χ3v) is 4.25. The van der Waals surface area contributed by atoms with E-state index in [1.54, 1.807) is 12.1 Å². The molecule has 2 nitrogen and oxygen atoms in total. The SMILES string of the molecule is Clc1ccccc1C(Cl)c1cc2c(cc1Cl)OCCO2. The zero-order chi connectivity index (χ0) is 14.1. The summed E-state index contributed by atoms with van der Waals surface area (Å²) < 4.78 is 11.0. The minimum atomic E-state index is -0.438. The predicted molar refractivity (Wildman–Crippen MR) is 81.6 cm³/mol. The Morgan fingerprint density at radius 3 is 2.20 bits per heavy atom. The van der Waals surface area contributed by atoms with Crippen molar-refractivity contribution in [2.24, 2.45) is 0 Å². The van der Waals surface area contributed by atoms with Crippen LogP contribution in [0.3, 0.4) is 0 Å². The van der Waals surface area contributed by atoms with Crippen LogP contribution in [-0.2, 0) is 0 Å². The van der Waals surface area contributed by atoms with Gasteiger partial charge in [-0.1, -0.05) is 41.4 Å². The lowest BCUT2D eigenvalue weighted by atomic mass is 10.0. The van der Waals surface area contributed by atoms with Gasteiger partial charge in [0.1, 0.15) is 13.2 Å².